The van der Waals surface area contributed by atoms with Crippen molar-refractivity contribution in [3.63, 3.8) is 0 Å². The number of amides is 1. The zero-order valence-corrected chi connectivity index (χ0v) is 17.8. The van der Waals surface area contributed by atoms with Gasteiger partial charge in [0.15, 0.2) is 16.7 Å². The lowest BCUT2D eigenvalue weighted by atomic mass is 10.1. The number of nitrogens with zero attached hydrogens (tertiary/aromatic N) is 3. The summed E-state index contributed by atoms with van der Waals surface area (Å²) in [7, 11) is 0. The van der Waals surface area contributed by atoms with Gasteiger partial charge in [-0.2, -0.15) is 0 Å². The van der Waals surface area contributed by atoms with Crippen molar-refractivity contribution < 1.29 is 9.21 Å². The van der Waals surface area contributed by atoms with Gasteiger partial charge in [-0.05, 0) is 49.9 Å². The van der Waals surface area contributed by atoms with Gasteiger partial charge in [0.2, 0.25) is 5.91 Å². The van der Waals surface area contributed by atoms with Crippen LogP contribution in [-0.2, 0) is 11.3 Å². The molecule has 0 radical (unpaired) electrons. The molecule has 0 aliphatic carbocycles. The molecule has 0 atom stereocenters. The van der Waals surface area contributed by atoms with Gasteiger partial charge in [0.25, 0.3) is 0 Å². The van der Waals surface area contributed by atoms with Crippen molar-refractivity contribution in [2.45, 2.75) is 46.3 Å². The van der Waals surface area contributed by atoms with Crippen molar-refractivity contribution in [2.24, 2.45) is 5.92 Å². The summed E-state index contributed by atoms with van der Waals surface area (Å²) in [6, 6.07) is 7.84. The Morgan fingerprint density at radius 3 is 2.54 bits per heavy atom. The van der Waals surface area contributed by atoms with Crippen LogP contribution in [-0.4, -0.2) is 26.4 Å². The van der Waals surface area contributed by atoms with Gasteiger partial charge in [-0.1, -0.05) is 43.3 Å². The van der Waals surface area contributed by atoms with Crippen LogP contribution >= 0.6 is 11.8 Å². The van der Waals surface area contributed by atoms with Gasteiger partial charge >= 0.3 is 0 Å². The number of aromatic nitrogens is 3. The second kappa shape index (κ2) is 8.65. The average Bonchev–Trinajstić information content (AvgIpc) is 3.25. The molecule has 1 amide bonds. The normalized spacial score (nSPS) is 11.2. The van der Waals surface area contributed by atoms with E-state index in [9.17, 15) is 4.79 Å². The van der Waals surface area contributed by atoms with E-state index < -0.39 is 0 Å². The van der Waals surface area contributed by atoms with E-state index >= 15 is 0 Å². The number of carbonyl (C=O) groups is 1. The highest BCUT2D eigenvalue weighted by molar-refractivity contribution is 7.99. The minimum atomic E-state index is -0.0568. The van der Waals surface area contributed by atoms with Crippen LogP contribution in [0.5, 0.6) is 0 Å². The fourth-order valence-electron chi connectivity index (χ4n) is 3.20. The fourth-order valence-corrected chi connectivity index (χ4v) is 3.94. The van der Waals surface area contributed by atoms with Crippen molar-refractivity contribution in [3.8, 4) is 11.6 Å². The van der Waals surface area contributed by atoms with Gasteiger partial charge in [-0.25, -0.2) is 0 Å². The minimum absolute atomic E-state index is 0.0568. The SMILES string of the molecule is Cc1cc(C)c(NC(=O)CSc2nnc(-c3ccco3)n2CC(C)C)c(C)c1. The smallest absolute Gasteiger partial charge is 0.234 e. The summed E-state index contributed by atoms with van der Waals surface area (Å²) in [5, 5.41) is 12.3. The van der Waals surface area contributed by atoms with E-state index in [1.807, 2.05) is 30.5 Å². The predicted octanol–water partition coefficient (Wildman–Crippen LogP) is 4.85. The van der Waals surface area contributed by atoms with Crippen LogP contribution in [0.4, 0.5) is 5.69 Å². The molecule has 1 N–H and O–H groups in total. The largest absolute Gasteiger partial charge is 0.461 e. The predicted molar refractivity (Wildman–Crippen MR) is 113 cm³/mol. The lowest BCUT2D eigenvalue weighted by Gasteiger charge is -2.13. The fraction of sp³-hybridized carbons (Fsp3) is 0.381. The van der Waals surface area contributed by atoms with E-state index in [0.29, 0.717) is 22.7 Å². The lowest BCUT2D eigenvalue weighted by molar-refractivity contribution is -0.113. The number of rotatable bonds is 7. The summed E-state index contributed by atoms with van der Waals surface area (Å²) < 4.78 is 7.50. The van der Waals surface area contributed by atoms with Crippen LogP contribution in [0.15, 0.2) is 40.1 Å². The van der Waals surface area contributed by atoms with Crippen molar-refractivity contribution >= 4 is 23.4 Å². The molecule has 0 saturated carbocycles. The molecule has 0 bridgehead atoms. The maximum Gasteiger partial charge on any atom is 0.234 e. The Morgan fingerprint density at radius 2 is 1.93 bits per heavy atom. The number of benzene rings is 1. The Labute approximate surface area is 169 Å². The van der Waals surface area contributed by atoms with Crippen LogP contribution in [0.1, 0.15) is 30.5 Å². The zero-order valence-electron chi connectivity index (χ0n) is 16.9. The average molecular weight is 399 g/mol. The number of furan rings is 1. The third kappa shape index (κ3) is 4.65. The van der Waals surface area contributed by atoms with E-state index in [0.717, 1.165) is 23.4 Å². The van der Waals surface area contributed by atoms with E-state index in [4.69, 9.17) is 4.42 Å². The van der Waals surface area contributed by atoms with Gasteiger partial charge in [-0.15, -0.1) is 10.2 Å². The molecular weight excluding hydrogens is 372 g/mol. The summed E-state index contributed by atoms with van der Waals surface area (Å²) in [5.74, 6) is 1.98. The van der Waals surface area contributed by atoms with E-state index in [2.05, 4.69) is 48.4 Å². The Morgan fingerprint density at radius 1 is 1.21 bits per heavy atom. The third-order valence-corrected chi connectivity index (χ3v) is 5.25. The van der Waals surface area contributed by atoms with Crippen LogP contribution in [0, 0.1) is 26.7 Å². The third-order valence-electron chi connectivity index (χ3n) is 4.28. The number of thioether (sulfide) groups is 1. The second-order valence-electron chi connectivity index (χ2n) is 7.40. The molecule has 0 unspecified atom stereocenters. The first-order valence-corrected chi connectivity index (χ1v) is 10.3. The number of anilines is 1. The highest BCUT2D eigenvalue weighted by Crippen LogP contribution is 2.26. The highest BCUT2D eigenvalue weighted by Gasteiger charge is 2.18. The lowest BCUT2D eigenvalue weighted by Crippen LogP contribution is -2.16. The number of hydrogen-bond acceptors (Lipinski definition) is 5. The zero-order chi connectivity index (χ0) is 20.3. The summed E-state index contributed by atoms with van der Waals surface area (Å²) in [6.07, 6.45) is 1.62. The van der Waals surface area contributed by atoms with E-state index in [1.165, 1.54) is 17.3 Å². The Hall–Kier alpha value is -2.54. The van der Waals surface area contributed by atoms with Gasteiger partial charge in [0, 0.05) is 12.2 Å². The molecule has 3 aromatic rings. The van der Waals surface area contributed by atoms with Crippen molar-refractivity contribution in [2.75, 3.05) is 11.1 Å². The molecule has 0 aliphatic heterocycles. The molecular formula is C21H26N4O2S. The van der Waals surface area contributed by atoms with Gasteiger partial charge < -0.3 is 9.73 Å². The summed E-state index contributed by atoms with van der Waals surface area (Å²) in [5.41, 5.74) is 4.21. The molecule has 0 aliphatic rings. The van der Waals surface area contributed by atoms with Gasteiger partial charge in [0.1, 0.15) is 0 Å². The molecule has 148 valence electrons. The minimum Gasteiger partial charge on any atom is -0.461 e. The summed E-state index contributed by atoms with van der Waals surface area (Å²) >= 11 is 1.38. The summed E-state index contributed by atoms with van der Waals surface area (Å²) in [4.78, 5) is 12.5. The van der Waals surface area contributed by atoms with Crippen molar-refractivity contribution in [1.82, 2.24) is 14.8 Å². The first-order valence-electron chi connectivity index (χ1n) is 9.32. The number of carbonyl (C=O) groups excluding carboxylic acids is 1. The first kappa shape index (κ1) is 20.2. The van der Waals surface area contributed by atoms with Gasteiger partial charge in [0.05, 0.1) is 12.0 Å². The Bertz CT molecular complexity index is 938. The van der Waals surface area contributed by atoms with Crippen LogP contribution in [0.25, 0.3) is 11.6 Å². The van der Waals surface area contributed by atoms with Crippen LogP contribution in [0.3, 0.4) is 0 Å². The van der Waals surface area contributed by atoms with Crippen molar-refractivity contribution in [3.05, 3.63) is 47.2 Å². The molecule has 2 aromatic heterocycles. The Balaban J connectivity index is 1.73. The monoisotopic (exact) mass is 398 g/mol. The molecule has 28 heavy (non-hydrogen) atoms. The molecule has 0 saturated heterocycles. The number of hydrogen-bond donors (Lipinski definition) is 1. The Kier molecular flexibility index (Phi) is 6.24. The molecule has 2 heterocycles. The van der Waals surface area contributed by atoms with Gasteiger partial charge in [-0.3, -0.25) is 9.36 Å². The molecule has 1 aromatic carbocycles. The quantitative estimate of drug-likeness (QED) is 0.576. The first-order chi connectivity index (χ1) is 13.3. The number of nitrogens with one attached hydrogen (secondary N) is 1. The standard InChI is InChI=1S/C21H26N4O2S/c1-13(2)11-25-20(17-7-6-8-27-17)23-24-21(25)28-12-18(26)22-19-15(4)9-14(3)10-16(19)5/h6-10,13H,11-12H2,1-5H3,(H,22,26). The van der Waals surface area contributed by atoms with Crippen LogP contribution < -0.4 is 5.32 Å². The topological polar surface area (TPSA) is 73.0 Å². The van der Waals surface area contributed by atoms with E-state index in [-0.39, 0.29) is 11.7 Å². The molecule has 0 spiro atoms. The van der Waals surface area contributed by atoms with Crippen molar-refractivity contribution in [1.29, 1.82) is 0 Å². The highest BCUT2D eigenvalue weighted by atomic mass is 32.2. The van der Waals surface area contributed by atoms with Crippen LogP contribution in [0.2, 0.25) is 0 Å². The molecule has 0 fully saturated rings. The number of aryl methyl sites for hydroxylation is 3. The van der Waals surface area contributed by atoms with E-state index in [1.54, 1.807) is 6.26 Å². The maximum atomic E-state index is 12.5. The molecule has 6 nitrogen and oxygen atoms in total. The maximum absolute atomic E-state index is 12.5. The second-order valence-corrected chi connectivity index (χ2v) is 8.34. The molecule has 7 heteroatoms. The summed E-state index contributed by atoms with van der Waals surface area (Å²) in [6.45, 7) is 11.1. The molecule has 3 rings (SSSR count).